The molecule has 1 aromatic carbocycles. The Morgan fingerprint density at radius 1 is 1.28 bits per heavy atom. The zero-order chi connectivity index (χ0) is 19.8. The van der Waals surface area contributed by atoms with Crippen LogP contribution in [0.1, 0.15) is 37.0 Å². The summed E-state index contributed by atoms with van der Waals surface area (Å²) in [6.07, 6.45) is 4.26. The van der Waals surface area contributed by atoms with Gasteiger partial charge in [0.05, 0.1) is 12.3 Å². The van der Waals surface area contributed by atoms with Crippen LogP contribution in [-0.2, 0) is 19.5 Å². The highest BCUT2D eigenvalue weighted by Crippen LogP contribution is 2.16. The second-order valence-corrected chi connectivity index (χ2v) is 6.82. The minimum Gasteiger partial charge on any atom is -0.467 e. The lowest BCUT2D eigenvalue weighted by Gasteiger charge is -2.19. The van der Waals surface area contributed by atoms with Crippen molar-refractivity contribution in [2.24, 2.45) is 4.99 Å². The Morgan fingerprint density at radius 2 is 2.07 bits per heavy atom. The largest absolute Gasteiger partial charge is 0.467 e. The Balaban J connectivity index is 0.00000300. The third kappa shape index (κ3) is 7.04. The van der Waals surface area contributed by atoms with Crippen molar-refractivity contribution in [1.29, 1.82) is 0 Å². The molecule has 1 atom stereocenters. The van der Waals surface area contributed by atoms with E-state index in [2.05, 4.69) is 39.7 Å². The number of benzene rings is 1. The van der Waals surface area contributed by atoms with Gasteiger partial charge in [-0.2, -0.15) is 0 Å². The van der Waals surface area contributed by atoms with E-state index in [0.29, 0.717) is 19.0 Å². The fourth-order valence-electron chi connectivity index (χ4n) is 2.79. The third-order valence-electron chi connectivity index (χ3n) is 4.35. The summed E-state index contributed by atoms with van der Waals surface area (Å²) in [6.45, 7) is 6.07. The van der Waals surface area contributed by atoms with E-state index in [-0.39, 0.29) is 30.0 Å². The molecule has 0 bridgehead atoms. The van der Waals surface area contributed by atoms with Crippen LogP contribution in [0.15, 0.2) is 58.4 Å². The number of aromatic nitrogens is 3. The van der Waals surface area contributed by atoms with Gasteiger partial charge in [-0.1, -0.05) is 30.7 Å². The fraction of sp³-hybridized carbons (Fsp3) is 0.350. The molecule has 0 radical (unpaired) electrons. The first-order chi connectivity index (χ1) is 13.7. The number of furan rings is 1. The molecule has 0 aliphatic heterocycles. The van der Waals surface area contributed by atoms with Crippen LogP contribution in [0.4, 0.5) is 0 Å². The van der Waals surface area contributed by atoms with Crippen molar-refractivity contribution in [3.8, 4) is 0 Å². The van der Waals surface area contributed by atoms with Crippen LogP contribution in [-0.4, -0.2) is 27.3 Å². The van der Waals surface area contributed by atoms with E-state index in [1.807, 2.05) is 41.0 Å². The summed E-state index contributed by atoms with van der Waals surface area (Å²) in [5.74, 6) is 2.50. The molecule has 0 aliphatic carbocycles. The van der Waals surface area contributed by atoms with Gasteiger partial charge < -0.3 is 19.6 Å². The molecule has 0 spiro atoms. The SMILES string of the molecule is CCc1nncn1CCNC(=NCc1ccco1)NC(C)c1ccc(Cl)cc1.I. The molecular formula is C20H26ClIN6O. The van der Waals surface area contributed by atoms with Crippen LogP contribution in [0, 0.1) is 0 Å². The van der Waals surface area contributed by atoms with E-state index in [0.717, 1.165) is 35.1 Å². The van der Waals surface area contributed by atoms with Crippen LogP contribution in [0.25, 0.3) is 0 Å². The summed E-state index contributed by atoms with van der Waals surface area (Å²) < 4.78 is 7.42. The van der Waals surface area contributed by atoms with Gasteiger partial charge in [0.25, 0.3) is 0 Å². The molecule has 9 heteroatoms. The highest BCUT2D eigenvalue weighted by molar-refractivity contribution is 14.0. The lowest BCUT2D eigenvalue weighted by Crippen LogP contribution is -2.40. The highest BCUT2D eigenvalue weighted by Gasteiger charge is 2.09. The monoisotopic (exact) mass is 528 g/mol. The topological polar surface area (TPSA) is 80.3 Å². The molecule has 0 amide bonds. The summed E-state index contributed by atoms with van der Waals surface area (Å²) in [6, 6.07) is 11.6. The van der Waals surface area contributed by atoms with Gasteiger partial charge in [0.2, 0.25) is 0 Å². The van der Waals surface area contributed by atoms with E-state index in [1.54, 1.807) is 12.6 Å². The summed E-state index contributed by atoms with van der Waals surface area (Å²) in [7, 11) is 0. The second-order valence-electron chi connectivity index (χ2n) is 6.38. The van der Waals surface area contributed by atoms with Gasteiger partial charge in [-0.25, -0.2) is 4.99 Å². The van der Waals surface area contributed by atoms with Gasteiger partial charge in [-0.05, 0) is 36.8 Å². The zero-order valence-corrected chi connectivity index (χ0v) is 19.6. The Hall–Kier alpha value is -2.07. The average molecular weight is 529 g/mol. The summed E-state index contributed by atoms with van der Waals surface area (Å²) in [5, 5.41) is 15.6. The maximum atomic E-state index is 5.99. The molecule has 2 aromatic heterocycles. The minimum atomic E-state index is 0. The predicted molar refractivity (Wildman–Crippen MR) is 126 cm³/mol. The standard InChI is InChI=1S/C20H25ClN6O.HI/c1-3-19-26-24-14-27(19)11-10-22-20(23-13-18-5-4-12-28-18)25-15(2)16-6-8-17(21)9-7-16;/h4-9,12,14-15H,3,10-11,13H2,1-2H3,(H2,22,23,25);1H. The quantitative estimate of drug-likeness (QED) is 0.260. The van der Waals surface area contributed by atoms with Gasteiger partial charge >= 0.3 is 0 Å². The van der Waals surface area contributed by atoms with Crippen LogP contribution in [0.2, 0.25) is 5.02 Å². The van der Waals surface area contributed by atoms with Crippen LogP contribution in [0.5, 0.6) is 0 Å². The number of aliphatic imine (C=N–C) groups is 1. The van der Waals surface area contributed by atoms with Crippen molar-refractivity contribution >= 4 is 41.5 Å². The zero-order valence-electron chi connectivity index (χ0n) is 16.5. The minimum absolute atomic E-state index is 0. The number of hydrogen-bond acceptors (Lipinski definition) is 4. The van der Waals surface area contributed by atoms with Crippen LogP contribution < -0.4 is 10.6 Å². The first-order valence-corrected chi connectivity index (χ1v) is 9.73. The van der Waals surface area contributed by atoms with Gasteiger partial charge in [-0.3, -0.25) is 0 Å². The first-order valence-electron chi connectivity index (χ1n) is 9.35. The Kier molecular flexibility index (Phi) is 9.46. The predicted octanol–water partition coefficient (Wildman–Crippen LogP) is 4.20. The van der Waals surface area contributed by atoms with Crippen molar-refractivity contribution < 1.29 is 4.42 Å². The lowest BCUT2D eigenvalue weighted by atomic mass is 10.1. The molecule has 0 fully saturated rings. The molecule has 0 saturated heterocycles. The van der Waals surface area contributed by atoms with E-state index in [4.69, 9.17) is 16.0 Å². The van der Waals surface area contributed by atoms with E-state index >= 15 is 0 Å². The number of rotatable bonds is 8. The van der Waals surface area contributed by atoms with Crippen molar-refractivity contribution in [2.75, 3.05) is 6.54 Å². The van der Waals surface area contributed by atoms with Gasteiger partial charge in [0.15, 0.2) is 5.96 Å². The van der Waals surface area contributed by atoms with Gasteiger partial charge in [0.1, 0.15) is 24.5 Å². The van der Waals surface area contributed by atoms with Crippen molar-refractivity contribution in [3.05, 3.63) is 71.2 Å². The fourth-order valence-corrected chi connectivity index (χ4v) is 2.91. The Labute approximate surface area is 193 Å². The molecule has 1 unspecified atom stereocenters. The maximum Gasteiger partial charge on any atom is 0.192 e. The second kappa shape index (κ2) is 11.8. The molecule has 29 heavy (non-hydrogen) atoms. The molecule has 156 valence electrons. The maximum absolute atomic E-state index is 5.99. The van der Waals surface area contributed by atoms with Crippen LogP contribution >= 0.6 is 35.6 Å². The molecule has 0 aliphatic rings. The van der Waals surface area contributed by atoms with Crippen LogP contribution in [0.3, 0.4) is 0 Å². The molecule has 2 N–H and O–H groups in total. The number of nitrogens with zero attached hydrogens (tertiary/aromatic N) is 4. The van der Waals surface area contributed by atoms with Gasteiger partial charge in [0, 0.05) is 24.5 Å². The first kappa shape index (κ1) is 23.2. The van der Waals surface area contributed by atoms with Crippen molar-refractivity contribution in [2.45, 2.75) is 39.4 Å². The Bertz CT molecular complexity index is 879. The van der Waals surface area contributed by atoms with E-state index < -0.39 is 0 Å². The number of hydrogen-bond donors (Lipinski definition) is 2. The number of halogens is 2. The summed E-state index contributed by atoms with van der Waals surface area (Å²) in [5.41, 5.74) is 1.13. The Morgan fingerprint density at radius 3 is 2.76 bits per heavy atom. The number of nitrogens with one attached hydrogen (secondary N) is 2. The summed E-state index contributed by atoms with van der Waals surface area (Å²) >= 11 is 5.99. The summed E-state index contributed by atoms with van der Waals surface area (Å²) in [4.78, 5) is 4.64. The van der Waals surface area contributed by atoms with E-state index in [1.165, 1.54) is 0 Å². The average Bonchev–Trinajstić information content (AvgIpc) is 3.38. The molecule has 0 saturated carbocycles. The number of guanidine groups is 1. The van der Waals surface area contributed by atoms with Crippen molar-refractivity contribution in [1.82, 2.24) is 25.4 Å². The normalized spacial score (nSPS) is 12.3. The number of aryl methyl sites for hydroxylation is 1. The molecule has 3 aromatic rings. The molecule has 7 nitrogen and oxygen atoms in total. The molecule has 2 heterocycles. The molecular weight excluding hydrogens is 503 g/mol. The lowest BCUT2D eigenvalue weighted by molar-refractivity contribution is 0.511. The smallest absolute Gasteiger partial charge is 0.192 e. The highest BCUT2D eigenvalue weighted by atomic mass is 127. The van der Waals surface area contributed by atoms with Crippen molar-refractivity contribution in [3.63, 3.8) is 0 Å². The third-order valence-corrected chi connectivity index (χ3v) is 4.61. The molecule has 3 rings (SSSR count). The van der Waals surface area contributed by atoms with E-state index in [9.17, 15) is 0 Å². The van der Waals surface area contributed by atoms with Gasteiger partial charge in [-0.15, -0.1) is 34.2 Å².